The largest absolute Gasteiger partial charge is 0.486 e. The van der Waals surface area contributed by atoms with Gasteiger partial charge in [0, 0.05) is 13.2 Å². The van der Waals surface area contributed by atoms with Crippen molar-refractivity contribution >= 4 is 29.9 Å². The number of ether oxygens (including phenoxy) is 2. The second-order valence-corrected chi connectivity index (χ2v) is 6.54. The lowest BCUT2D eigenvalue weighted by Crippen LogP contribution is -2.42. The van der Waals surface area contributed by atoms with Crippen molar-refractivity contribution in [2.75, 3.05) is 32.8 Å². The van der Waals surface area contributed by atoms with Gasteiger partial charge in [-0.05, 0) is 31.9 Å². The van der Waals surface area contributed by atoms with Crippen molar-refractivity contribution in [2.24, 2.45) is 10.9 Å². The SMILES string of the molecule is CCNC(=NCC(O)COCC(C)C)NCC(C)Oc1ccccc1F.I. The Balaban J connectivity index is 0.00000676. The van der Waals surface area contributed by atoms with Crippen LogP contribution in [0.15, 0.2) is 29.3 Å². The highest BCUT2D eigenvalue weighted by Gasteiger charge is 2.10. The molecule has 27 heavy (non-hydrogen) atoms. The average molecular weight is 497 g/mol. The van der Waals surface area contributed by atoms with E-state index < -0.39 is 6.10 Å². The van der Waals surface area contributed by atoms with Crippen LogP contribution in [0.5, 0.6) is 5.75 Å². The lowest BCUT2D eigenvalue weighted by Gasteiger charge is -2.18. The van der Waals surface area contributed by atoms with E-state index in [0.29, 0.717) is 31.6 Å². The van der Waals surface area contributed by atoms with Crippen LogP contribution in [0.1, 0.15) is 27.7 Å². The van der Waals surface area contributed by atoms with Crippen LogP contribution in [0.25, 0.3) is 0 Å². The molecule has 6 nitrogen and oxygen atoms in total. The first-order valence-electron chi connectivity index (χ1n) is 9.11. The second-order valence-electron chi connectivity index (χ2n) is 6.54. The minimum atomic E-state index is -0.656. The summed E-state index contributed by atoms with van der Waals surface area (Å²) in [4.78, 5) is 4.34. The summed E-state index contributed by atoms with van der Waals surface area (Å²) in [7, 11) is 0. The van der Waals surface area contributed by atoms with E-state index in [0.717, 1.165) is 0 Å². The van der Waals surface area contributed by atoms with Gasteiger partial charge in [0.2, 0.25) is 0 Å². The van der Waals surface area contributed by atoms with Gasteiger partial charge in [-0.25, -0.2) is 4.39 Å². The zero-order valence-corrected chi connectivity index (χ0v) is 18.9. The summed E-state index contributed by atoms with van der Waals surface area (Å²) < 4.78 is 24.6. The number of guanidine groups is 1. The highest BCUT2D eigenvalue weighted by atomic mass is 127. The number of hydrogen-bond acceptors (Lipinski definition) is 4. The molecule has 0 aromatic heterocycles. The topological polar surface area (TPSA) is 75.1 Å². The smallest absolute Gasteiger partial charge is 0.191 e. The molecule has 0 fully saturated rings. The van der Waals surface area contributed by atoms with Crippen LogP contribution in [0.4, 0.5) is 4.39 Å². The van der Waals surface area contributed by atoms with E-state index in [1.807, 2.05) is 13.8 Å². The minimum absolute atomic E-state index is 0. The number of aliphatic hydroxyl groups is 1. The molecule has 0 spiro atoms. The highest BCUT2D eigenvalue weighted by molar-refractivity contribution is 14.0. The molecule has 1 aromatic rings. The maximum Gasteiger partial charge on any atom is 0.191 e. The summed E-state index contributed by atoms with van der Waals surface area (Å²) in [5.74, 6) is 0.839. The number of nitrogens with one attached hydrogen (secondary N) is 2. The Morgan fingerprint density at radius 2 is 1.89 bits per heavy atom. The van der Waals surface area contributed by atoms with Crippen LogP contribution in [0, 0.1) is 11.7 Å². The standard InChI is InChI=1S/C19H32FN3O3.HI/c1-5-21-19(23-11-16(24)13-25-12-14(2)3)22-10-15(4)26-18-9-7-6-8-17(18)20;/h6-9,14-16,24H,5,10-13H2,1-4H3,(H2,21,22,23);1H. The molecule has 3 N–H and O–H groups in total. The Hall–Kier alpha value is -1.13. The van der Waals surface area contributed by atoms with Gasteiger partial charge in [0.25, 0.3) is 0 Å². The van der Waals surface area contributed by atoms with E-state index >= 15 is 0 Å². The van der Waals surface area contributed by atoms with Crippen LogP contribution in [-0.2, 0) is 4.74 Å². The van der Waals surface area contributed by atoms with Gasteiger partial charge < -0.3 is 25.2 Å². The number of nitrogens with zero attached hydrogens (tertiary/aromatic N) is 1. The summed E-state index contributed by atoms with van der Waals surface area (Å²) in [5, 5.41) is 16.2. The fraction of sp³-hybridized carbons (Fsp3) is 0.632. The Labute approximate surface area is 179 Å². The molecule has 0 saturated heterocycles. The van der Waals surface area contributed by atoms with Gasteiger partial charge in [0.05, 0.1) is 25.8 Å². The van der Waals surface area contributed by atoms with Crippen molar-refractivity contribution in [3.05, 3.63) is 30.1 Å². The predicted molar refractivity (Wildman–Crippen MR) is 118 cm³/mol. The zero-order valence-electron chi connectivity index (χ0n) is 16.6. The molecule has 2 atom stereocenters. The normalized spacial score (nSPS) is 13.7. The van der Waals surface area contributed by atoms with E-state index in [1.165, 1.54) is 6.07 Å². The summed E-state index contributed by atoms with van der Waals surface area (Å²) >= 11 is 0. The molecule has 8 heteroatoms. The third-order valence-corrected chi connectivity index (χ3v) is 3.29. The molecule has 156 valence electrons. The predicted octanol–water partition coefficient (Wildman–Crippen LogP) is 2.80. The van der Waals surface area contributed by atoms with Crippen molar-refractivity contribution in [3.63, 3.8) is 0 Å². The van der Waals surface area contributed by atoms with Crippen LogP contribution < -0.4 is 15.4 Å². The molecule has 0 aliphatic rings. The second kappa shape index (κ2) is 14.9. The number of benzene rings is 1. The van der Waals surface area contributed by atoms with Gasteiger partial charge in [-0.3, -0.25) is 4.99 Å². The van der Waals surface area contributed by atoms with E-state index in [4.69, 9.17) is 9.47 Å². The lowest BCUT2D eigenvalue weighted by molar-refractivity contribution is 0.0301. The third-order valence-electron chi connectivity index (χ3n) is 3.29. The molecule has 0 aliphatic carbocycles. The molecule has 1 rings (SSSR count). The number of hydrogen-bond donors (Lipinski definition) is 3. The molecule has 0 saturated carbocycles. The first-order valence-corrected chi connectivity index (χ1v) is 9.11. The maximum absolute atomic E-state index is 13.6. The molecule has 1 aromatic carbocycles. The quantitative estimate of drug-likeness (QED) is 0.249. The lowest BCUT2D eigenvalue weighted by atomic mass is 10.2. The van der Waals surface area contributed by atoms with Crippen molar-refractivity contribution in [3.8, 4) is 5.75 Å². The van der Waals surface area contributed by atoms with Crippen LogP contribution in [-0.4, -0.2) is 56.1 Å². The van der Waals surface area contributed by atoms with Crippen molar-refractivity contribution in [1.82, 2.24) is 10.6 Å². The summed E-state index contributed by atoms with van der Waals surface area (Å²) in [5.41, 5.74) is 0. The summed E-state index contributed by atoms with van der Waals surface area (Å²) in [6.07, 6.45) is -0.911. The minimum Gasteiger partial charge on any atom is -0.486 e. The average Bonchev–Trinajstić information content (AvgIpc) is 2.59. The Kier molecular flexibility index (Phi) is 14.2. The van der Waals surface area contributed by atoms with Crippen LogP contribution >= 0.6 is 24.0 Å². The zero-order chi connectivity index (χ0) is 19.4. The fourth-order valence-corrected chi connectivity index (χ4v) is 2.07. The molecule has 0 bridgehead atoms. The van der Waals surface area contributed by atoms with Crippen molar-refractivity contribution in [1.29, 1.82) is 0 Å². The van der Waals surface area contributed by atoms with E-state index in [-0.39, 0.29) is 54.8 Å². The Morgan fingerprint density at radius 3 is 2.52 bits per heavy atom. The molecule has 2 unspecified atom stereocenters. The van der Waals surface area contributed by atoms with Gasteiger partial charge in [0.15, 0.2) is 17.5 Å². The first-order chi connectivity index (χ1) is 12.4. The van der Waals surface area contributed by atoms with Gasteiger partial charge in [0.1, 0.15) is 6.10 Å². The van der Waals surface area contributed by atoms with Crippen LogP contribution in [0.3, 0.4) is 0 Å². The van der Waals surface area contributed by atoms with E-state index in [2.05, 4.69) is 29.5 Å². The molecule has 0 heterocycles. The molecular formula is C19H33FIN3O3. The van der Waals surface area contributed by atoms with Crippen molar-refractivity contribution in [2.45, 2.75) is 39.9 Å². The Bertz CT molecular complexity index is 547. The maximum atomic E-state index is 13.6. The number of aliphatic imine (C=N–C) groups is 1. The van der Waals surface area contributed by atoms with Crippen molar-refractivity contribution < 1.29 is 19.0 Å². The van der Waals surface area contributed by atoms with E-state index in [1.54, 1.807) is 18.2 Å². The first kappa shape index (κ1) is 25.9. The number of aliphatic hydroxyl groups excluding tert-OH is 1. The molecule has 0 amide bonds. The number of rotatable bonds is 11. The van der Waals surface area contributed by atoms with Gasteiger partial charge in [-0.1, -0.05) is 26.0 Å². The Morgan fingerprint density at radius 1 is 1.19 bits per heavy atom. The highest BCUT2D eigenvalue weighted by Crippen LogP contribution is 2.16. The number of para-hydroxylation sites is 1. The molecular weight excluding hydrogens is 464 g/mol. The number of halogens is 2. The van der Waals surface area contributed by atoms with Crippen LogP contribution in [0.2, 0.25) is 0 Å². The third kappa shape index (κ3) is 12.0. The van der Waals surface area contributed by atoms with Gasteiger partial charge >= 0.3 is 0 Å². The van der Waals surface area contributed by atoms with Gasteiger partial charge in [-0.2, -0.15) is 0 Å². The van der Waals surface area contributed by atoms with E-state index in [9.17, 15) is 9.50 Å². The molecule has 0 radical (unpaired) electrons. The van der Waals surface area contributed by atoms with Gasteiger partial charge in [-0.15, -0.1) is 24.0 Å². The summed E-state index contributed by atoms with van der Waals surface area (Å²) in [6.45, 7) is 10.2. The molecule has 0 aliphatic heterocycles. The fourth-order valence-electron chi connectivity index (χ4n) is 2.07. The summed E-state index contributed by atoms with van der Waals surface area (Å²) in [6, 6.07) is 6.31. The monoisotopic (exact) mass is 497 g/mol.